The molecular weight excluding hydrogens is 785 g/mol. The standard InChI is InChI=1S/C58H34N4O2/c1-3-14-36(15-4-1)51-52-44-19-7-10-23-47(44)59-54(46(52)34-50-53(51)45-20-9-12-25-49(45)63-50)37-28-32-40(33-29-37)58-61-56(38-16-5-2-6-17-38)60-57(62-58)39-30-26-35(27-31-39)41-21-13-22-43-42-18-8-11-24-48(42)64-55(41)43/h1-34H. The summed E-state index contributed by atoms with van der Waals surface area (Å²) in [4.78, 5) is 20.5. The molecule has 13 aromatic rings. The molecule has 6 heteroatoms. The molecule has 0 saturated heterocycles. The molecular formula is C58H34N4O2. The summed E-state index contributed by atoms with van der Waals surface area (Å²) < 4.78 is 13.0. The Morgan fingerprint density at radius 3 is 1.50 bits per heavy atom. The van der Waals surface area contributed by atoms with E-state index in [2.05, 4.69) is 146 Å². The summed E-state index contributed by atoms with van der Waals surface area (Å²) in [7, 11) is 0. The lowest BCUT2D eigenvalue weighted by Crippen LogP contribution is -2.00. The molecule has 0 bridgehead atoms. The van der Waals surface area contributed by atoms with E-state index >= 15 is 0 Å². The molecule has 4 heterocycles. The minimum Gasteiger partial charge on any atom is -0.456 e. The second kappa shape index (κ2) is 14.4. The highest BCUT2D eigenvalue weighted by molar-refractivity contribution is 6.27. The molecule has 0 aliphatic heterocycles. The van der Waals surface area contributed by atoms with Crippen LogP contribution in [0.3, 0.4) is 0 Å². The van der Waals surface area contributed by atoms with Crippen molar-refractivity contribution in [3.63, 3.8) is 0 Å². The van der Waals surface area contributed by atoms with Crippen LogP contribution >= 0.6 is 0 Å². The Bertz CT molecular complexity index is 3930. The molecule has 0 radical (unpaired) electrons. The van der Waals surface area contributed by atoms with Gasteiger partial charge in [-0.1, -0.05) is 182 Å². The number of benzene rings is 9. The first kappa shape index (κ1) is 36.0. The lowest BCUT2D eigenvalue weighted by molar-refractivity contribution is 0.669. The fourth-order valence-corrected chi connectivity index (χ4v) is 9.33. The van der Waals surface area contributed by atoms with Crippen LogP contribution in [0.15, 0.2) is 215 Å². The van der Waals surface area contributed by atoms with Crippen molar-refractivity contribution in [1.82, 2.24) is 19.9 Å². The van der Waals surface area contributed by atoms with Crippen LogP contribution < -0.4 is 0 Å². The van der Waals surface area contributed by atoms with Gasteiger partial charge >= 0.3 is 0 Å². The maximum Gasteiger partial charge on any atom is 0.164 e. The molecule has 13 rings (SSSR count). The van der Waals surface area contributed by atoms with Gasteiger partial charge in [0.25, 0.3) is 0 Å². The van der Waals surface area contributed by atoms with E-state index < -0.39 is 0 Å². The molecule has 0 spiro atoms. The van der Waals surface area contributed by atoms with Gasteiger partial charge in [0.05, 0.1) is 11.2 Å². The van der Waals surface area contributed by atoms with Crippen LogP contribution in [0.2, 0.25) is 0 Å². The SMILES string of the molecule is c1ccc(-c2nc(-c3ccc(-c4nc5ccccc5c5c(-c6ccccc6)c6c(cc45)oc4ccccc46)cc3)nc(-c3ccc(-c4cccc5c4oc4ccccc45)cc3)n2)cc1. The van der Waals surface area contributed by atoms with Crippen molar-refractivity contribution in [2.75, 3.05) is 0 Å². The minimum absolute atomic E-state index is 0.582. The van der Waals surface area contributed by atoms with E-state index in [0.717, 1.165) is 116 Å². The van der Waals surface area contributed by atoms with Crippen molar-refractivity contribution in [3.8, 4) is 67.7 Å². The van der Waals surface area contributed by atoms with E-state index in [1.54, 1.807) is 0 Å². The van der Waals surface area contributed by atoms with E-state index in [0.29, 0.717) is 17.5 Å². The van der Waals surface area contributed by atoms with E-state index in [1.807, 2.05) is 60.7 Å². The van der Waals surface area contributed by atoms with Crippen molar-refractivity contribution in [1.29, 1.82) is 0 Å². The van der Waals surface area contributed by atoms with Crippen molar-refractivity contribution in [2.24, 2.45) is 0 Å². The molecule has 9 aromatic carbocycles. The second-order valence-electron chi connectivity index (χ2n) is 16.1. The zero-order valence-corrected chi connectivity index (χ0v) is 34.2. The predicted octanol–water partition coefficient (Wildman–Crippen LogP) is 15.4. The molecule has 0 amide bonds. The van der Waals surface area contributed by atoms with Gasteiger partial charge in [0.1, 0.15) is 22.3 Å². The number of para-hydroxylation sites is 4. The number of hydrogen-bond donors (Lipinski definition) is 0. The Labute approximate surface area is 366 Å². The Morgan fingerprint density at radius 1 is 0.297 bits per heavy atom. The third-order valence-corrected chi connectivity index (χ3v) is 12.3. The van der Waals surface area contributed by atoms with Crippen LogP contribution in [0.1, 0.15) is 0 Å². The number of aromatic nitrogens is 4. The average molecular weight is 819 g/mol. The molecule has 0 fully saturated rings. The predicted molar refractivity (Wildman–Crippen MR) is 260 cm³/mol. The third kappa shape index (κ3) is 5.81. The van der Waals surface area contributed by atoms with E-state index in [-0.39, 0.29) is 0 Å². The van der Waals surface area contributed by atoms with Crippen LogP contribution in [-0.4, -0.2) is 19.9 Å². The highest BCUT2D eigenvalue weighted by atomic mass is 16.3. The largest absolute Gasteiger partial charge is 0.456 e. The summed E-state index contributed by atoms with van der Waals surface area (Å²) in [6.07, 6.45) is 0. The van der Waals surface area contributed by atoms with Crippen molar-refractivity contribution < 1.29 is 8.83 Å². The lowest BCUT2D eigenvalue weighted by Gasteiger charge is -2.16. The summed E-state index contributed by atoms with van der Waals surface area (Å²) >= 11 is 0. The molecule has 6 nitrogen and oxygen atoms in total. The first-order valence-corrected chi connectivity index (χ1v) is 21.4. The molecule has 0 atom stereocenters. The lowest BCUT2D eigenvalue weighted by atomic mass is 9.89. The second-order valence-corrected chi connectivity index (χ2v) is 16.1. The molecule has 64 heavy (non-hydrogen) atoms. The third-order valence-electron chi connectivity index (χ3n) is 12.3. The van der Waals surface area contributed by atoms with E-state index in [4.69, 9.17) is 28.8 Å². The number of pyridine rings is 1. The van der Waals surface area contributed by atoms with Crippen LogP contribution in [-0.2, 0) is 0 Å². The Hall–Kier alpha value is -8.74. The number of fused-ring (bicyclic) bond motifs is 9. The fraction of sp³-hybridized carbons (Fsp3) is 0. The minimum atomic E-state index is 0.582. The van der Waals surface area contributed by atoms with Gasteiger partial charge in [-0.25, -0.2) is 19.9 Å². The molecule has 0 saturated carbocycles. The van der Waals surface area contributed by atoms with Gasteiger partial charge in [-0.2, -0.15) is 0 Å². The molecule has 298 valence electrons. The molecule has 4 aromatic heterocycles. The quantitative estimate of drug-likeness (QED) is 0.156. The van der Waals surface area contributed by atoms with Crippen LogP contribution in [0.5, 0.6) is 0 Å². The maximum atomic E-state index is 6.60. The number of furan rings is 2. The van der Waals surface area contributed by atoms with Crippen molar-refractivity contribution in [2.45, 2.75) is 0 Å². The molecule has 0 N–H and O–H groups in total. The van der Waals surface area contributed by atoms with E-state index in [1.165, 1.54) is 0 Å². The zero-order valence-electron chi connectivity index (χ0n) is 34.2. The van der Waals surface area contributed by atoms with Crippen LogP contribution in [0.25, 0.3) is 133 Å². The molecule has 0 unspecified atom stereocenters. The highest BCUT2D eigenvalue weighted by Crippen LogP contribution is 2.46. The van der Waals surface area contributed by atoms with Crippen molar-refractivity contribution in [3.05, 3.63) is 206 Å². The average Bonchev–Trinajstić information content (AvgIpc) is 3.94. The van der Waals surface area contributed by atoms with E-state index in [9.17, 15) is 0 Å². The van der Waals surface area contributed by atoms with Gasteiger partial charge < -0.3 is 8.83 Å². The van der Waals surface area contributed by atoms with Gasteiger partial charge in [0.15, 0.2) is 17.5 Å². The summed E-state index contributed by atoms with van der Waals surface area (Å²) in [6, 6.07) is 70.8. The first-order chi connectivity index (χ1) is 31.7. The maximum absolute atomic E-state index is 6.60. The van der Waals surface area contributed by atoms with Crippen LogP contribution in [0.4, 0.5) is 0 Å². The topological polar surface area (TPSA) is 77.8 Å². The number of nitrogens with zero attached hydrogens (tertiary/aromatic N) is 4. The van der Waals surface area contributed by atoms with Gasteiger partial charge in [-0.3, -0.25) is 0 Å². The Kier molecular flexibility index (Phi) is 8.11. The zero-order chi connectivity index (χ0) is 42.1. The first-order valence-electron chi connectivity index (χ1n) is 21.4. The van der Waals surface area contributed by atoms with Gasteiger partial charge in [0, 0.05) is 71.1 Å². The molecule has 0 aliphatic carbocycles. The smallest absolute Gasteiger partial charge is 0.164 e. The number of rotatable bonds is 6. The van der Waals surface area contributed by atoms with Gasteiger partial charge in [-0.05, 0) is 35.4 Å². The van der Waals surface area contributed by atoms with Crippen LogP contribution in [0, 0.1) is 0 Å². The highest BCUT2D eigenvalue weighted by Gasteiger charge is 2.22. The molecule has 0 aliphatic rings. The van der Waals surface area contributed by atoms with Crippen molar-refractivity contribution >= 4 is 65.6 Å². The fourth-order valence-electron chi connectivity index (χ4n) is 9.33. The summed E-state index contributed by atoms with van der Waals surface area (Å²) in [6.45, 7) is 0. The number of hydrogen-bond acceptors (Lipinski definition) is 6. The van der Waals surface area contributed by atoms with Gasteiger partial charge in [-0.15, -0.1) is 0 Å². The summed E-state index contributed by atoms with van der Waals surface area (Å²) in [5, 5.41) is 7.66. The normalized spacial score (nSPS) is 11.8. The summed E-state index contributed by atoms with van der Waals surface area (Å²) in [5.74, 6) is 1.77. The monoisotopic (exact) mass is 818 g/mol. The van der Waals surface area contributed by atoms with Gasteiger partial charge in [0.2, 0.25) is 0 Å². The Balaban J connectivity index is 0.943. The summed E-state index contributed by atoms with van der Waals surface area (Å²) in [5.41, 5.74) is 13.2. The Morgan fingerprint density at radius 2 is 0.812 bits per heavy atom.